The summed E-state index contributed by atoms with van der Waals surface area (Å²) >= 11 is 0. The molecular weight excluding hydrogens is 106 g/mol. The lowest BCUT2D eigenvalue weighted by Gasteiger charge is -2.04. The molecule has 1 rings (SSSR count). The summed E-state index contributed by atoms with van der Waals surface area (Å²) in [7, 11) is 0. The lowest BCUT2D eigenvalue weighted by molar-refractivity contribution is -0.102. The third-order valence-corrected chi connectivity index (χ3v) is 0.683. The maximum atomic E-state index is 9.89. The molecule has 4 heteroatoms. The van der Waals surface area contributed by atoms with E-state index in [1.54, 1.807) is 6.20 Å². The molecule has 42 valence electrons. The Morgan fingerprint density at radius 2 is 2.62 bits per heavy atom. The highest BCUT2D eigenvalue weighted by atomic mass is 16.1. The number of aldehydes is 1. The van der Waals surface area contributed by atoms with Gasteiger partial charge in [-0.15, -0.1) is 0 Å². The van der Waals surface area contributed by atoms with Gasteiger partial charge in [0.1, 0.15) is 0 Å². The van der Waals surface area contributed by atoms with Gasteiger partial charge in [0, 0.05) is 12.4 Å². The summed E-state index contributed by atoms with van der Waals surface area (Å²) in [6.07, 6.45) is 3.73. The van der Waals surface area contributed by atoms with Crippen molar-refractivity contribution in [2.45, 2.75) is 0 Å². The molecule has 0 saturated heterocycles. The van der Waals surface area contributed by atoms with Gasteiger partial charge in [0.25, 0.3) is 0 Å². The number of carbonyl (C=O) groups excluding carboxylic acids is 1. The van der Waals surface area contributed by atoms with Gasteiger partial charge < -0.3 is 5.43 Å². The van der Waals surface area contributed by atoms with E-state index in [1.807, 2.05) is 0 Å². The highest BCUT2D eigenvalue weighted by molar-refractivity contribution is 6.27. The molecule has 0 aromatic heterocycles. The van der Waals surface area contributed by atoms with Crippen LogP contribution in [0, 0.1) is 0 Å². The van der Waals surface area contributed by atoms with Gasteiger partial charge in [0.05, 0.1) is 0 Å². The summed E-state index contributed by atoms with van der Waals surface area (Å²) in [5.74, 6) is 0.299. The molecule has 1 aliphatic heterocycles. The Bertz CT molecular complexity index is 149. The number of nitrogens with one attached hydrogen (secondary N) is 2. The molecule has 0 aromatic carbocycles. The van der Waals surface area contributed by atoms with Gasteiger partial charge in [-0.3, -0.25) is 10.2 Å². The normalized spacial score (nSPS) is 15.8. The van der Waals surface area contributed by atoms with Gasteiger partial charge in [-0.2, -0.15) is 0 Å². The van der Waals surface area contributed by atoms with Gasteiger partial charge in [0.2, 0.25) is 0 Å². The lowest BCUT2D eigenvalue weighted by atomic mass is 10.6. The van der Waals surface area contributed by atoms with Crippen LogP contribution < -0.4 is 10.9 Å². The van der Waals surface area contributed by atoms with Crippen LogP contribution in [0.2, 0.25) is 0 Å². The van der Waals surface area contributed by atoms with Crippen LogP contribution in [0.25, 0.3) is 0 Å². The standard InChI is InChI=1S/C4H5N3O/c8-3-4-5-1-2-6-7-4/h1-3,6H,(H,5,7). The van der Waals surface area contributed by atoms with Crippen LogP contribution in [0.5, 0.6) is 0 Å². The van der Waals surface area contributed by atoms with Crippen LogP contribution in [0.3, 0.4) is 0 Å². The highest BCUT2D eigenvalue weighted by Crippen LogP contribution is 1.76. The van der Waals surface area contributed by atoms with Crippen LogP contribution in [0.4, 0.5) is 0 Å². The summed E-state index contributed by atoms with van der Waals surface area (Å²) < 4.78 is 0. The van der Waals surface area contributed by atoms with E-state index in [2.05, 4.69) is 15.8 Å². The first kappa shape index (κ1) is 4.83. The van der Waals surface area contributed by atoms with E-state index in [0.29, 0.717) is 12.1 Å². The van der Waals surface area contributed by atoms with Crippen LogP contribution in [0.1, 0.15) is 0 Å². The van der Waals surface area contributed by atoms with E-state index >= 15 is 0 Å². The second kappa shape index (κ2) is 2.11. The first-order chi connectivity index (χ1) is 3.93. The van der Waals surface area contributed by atoms with Crippen LogP contribution in [0.15, 0.2) is 17.4 Å². The minimum atomic E-state index is 0.299. The van der Waals surface area contributed by atoms with Crippen LogP contribution >= 0.6 is 0 Å². The van der Waals surface area contributed by atoms with Gasteiger partial charge in [-0.05, 0) is 0 Å². The number of amidine groups is 1. The molecule has 8 heavy (non-hydrogen) atoms. The largest absolute Gasteiger partial charge is 0.305 e. The van der Waals surface area contributed by atoms with Crippen molar-refractivity contribution in [1.29, 1.82) is 0 Å². The fraction of sp³-hybridized carbons (Fsp3) is 0. The zero-order chi connectivity index (χ0) is 5.82. The maximum absolute atomic E-state index is 9.89. The Kier molecular flexibility index (Phi) is 1.27. The summed E-state index contributed by atoms with van der Waals surface area (Å²) in [6.45, 7) is 0. The average Bonchev–Trinajstić information content (AvgIpc) is 1.90. The number of carbonyl (C=O) groups is 1. The Morgan fingerprint density at radius 1 is 1.75 bits per heavy atom. The van der Waals surface area contributed by atoms with Crippen molar-refractivity contribution in [3.05, 3.63) is 12.4 Å². The topological polar surface area (TPSA) is 53.5 Å². The molecule has 0 aromatic rings. The fourth-order valence-electron chi connectivity index (χ4n) is 0.363. The molecule has 1 heterocycles. The second-order valence-corrected chi connectivity index (χ2v) is 1.22. The predicted octanol–water partition coefficient (Wildman–Crippen LogP) is -0.837. The van der Waals surface area contributed by atoms with E-state index in [1.165, 1.54) is 6.20 Å². The minimum Gasteiger partial charge on any atom is -0.305 e. The fourth-order valence-corrected chi connectivity index (χ4v) is 0.363. The highest BCUT2D eigenvalue weighted by Gasteiger charge is 1.92. The van der Waals surface area contributed by atoms with E-state index in [9.17, 15) is 4.79 Å². The molecule has 0 amide bonds. The molecule has 2 N–H and O–H groups in total. The Morgan fingerprint density at radius 3 is 3.00 bits per heavy atom. The minimum absolute atomic E-state index is 0.299. The van der Waals surface area contributed by atoms with Crippen LogP contribution in [-0.2, 0) is 4.79 Å². The first-order valence-electron chi connectivity index (χ1n) is 2.13. The molecule has 0 saturated carbocycles. The number of hydrogen-bond donors (Lipinski definition) is 2. The lowest BCUT2D eigenvalue weighted by Crippen LogP contribution is -2.36. The molecule has 0 fully saturated rings. The second-order valence-electron chi connectivity index (χ2n) is 1.22. The molecule has 0 spiro atoms. The number of nitrogens with zero attached hydrogens (tertiary/aromatic N) is 1. The van der Waals surface area contributed by atoms with Gasteiger partial charge in [0.15, 0.2) is 12.1 Å². The molecule has 0 aliphatic carbocycles. The van der Waals surface area contributed by atoms with Crippen molar-refractivity contribution in [3.63, 3.8) is 0 Å². The third-order valence-electron chi connectivity index (χ3n) is 0.683. The van der Waals surface area contributed by atoms with Crippen LogP contribution in [-0.4, -0.2) is 12.1 Å². The first-order valence-corrected chi connectivity index (χ1v) is 2.13. The van der Waals surface area contributed by atoms with Crippen molar-refractivity contribution < 1.29 is 4.79 Å². The average molecular weight is 111 g/mol. The molecule has 0 atom stereocenters. The number of hydrazine groups is 1. The number of aliphatic imine (C=N–C) groups is 1. The molecule has 1 aliphatic rings. The predicted molar refractivity (Wildman–Crippen MR) is 28.9 cm³/mol. The van der Waals surface area contributed by atoms with Crippen molar-refractivity contribution in [2.24, 2.45) is 4.99 Å². The Balaban J connectivity index is 2.63. The van der Waals surface area contributed by atoms with Gasteiger partial charge in [-0.25, -0.2) is 4.99 Å². The summed E-state index contributed by atoms with van der Waals surface area (Å²) in [5, 5.41) is 0. The Labute approximate surface area is 46.3 Å². The quantitative estimate of drug-likeness (QED) is 0.434. The number of hydrogen-bond acceptors (Lipinski definition) is 4. The van der Waals surface area contributed by atoms with Gasteiger partial charge in [-0.1, -0.05) is 0 Å². The Hall–Kier alpha value is -1.32. The molecule has 4 nitrogen and oxygen atoms in total. The molecule has 0 bridgehead atoms. The molecule has 0 unspecified atom stereocenters. The van der Waals surface area contributed by atoms with E-state index < -0.39 is 0 Å². The SMILES string of the molecule is O=CC1=NC=CNN1. The molecule has 0 radical (unpaired) electrons. The smallest absolute Gasteiger partial charge is 0.186 e. The van der Waals surface area contributed by atoms with E-state index in [-0.39, 0.29) is 0 Å². The molecular formula is C4H5N3O. The summed E-state index contributed by atoms with van der Waals surface area (Å²) in [6, 6.07) is 0. The van der Waals surface area contributed by atoms with Crippen molar-refractivity contribution >= 4 is 12.1 Å². The van der Waals surface area contributed by atoms with E-state index in [0.717, 1.165) is 0 Å². The zero-order valence-electron chi connectivity index (χ0n) is 4.09. The van der Waals surface area contributed by atoms with Crippen molar-refractivity contribution in [3.8, 4) is 0 Å². The van der Waals surface area contributed by atoms with Crippen molar-refractivity contribution in [2.75, 3.05) is 0 Å². The van der Waals surface area contributed by atoms with Gasteiger partial charge >= 0.3 is 0 Å². The van der Waals surface area contributed by atoms with Crippen molar-refractivity contribution in [1.82, 2.24) is 10.9 Å². The third kappa shape index (κ3) is 0.841. The summed E-state index contributed by atoms with van der Waals surface area (Å²) in [4.78, 5) is 13.5. The zero-order valence-corrected chi connectivity index (χ0v) is 4.09. The van der Waals surface area contributed by atoms with E-state index in [4.69, 9.17) is 0 Å². The number of rotatable bonds is 1. The summed E-state index contributed by atoms with van der Waals surface area (Å²) in [5.41, 5.74) is 5.11. The monoisotopic (exact) mass is 111 g/mol. The maximum Gasteiger partial charge on any atom is 0.186 e.